The number of rotatable bonds is 40. The van der Waals surface area contributed by atoms with Crippen LogP contribution in [-0.2, 0) is 4.79 Å². The molecule has 0 aliphatic carbocycles. The van der Waals surface area contributed by atoms with E-state index >= 15 is 0 Å². The molecule has 0 aromatic carbocycles. The monoisotopic (exact) mass is 730 g/mol. The van der Waals surface area contributed by atoms with Crippen LogP contribution in [0.25, 0.3) is 0 Å². The van der Waals surface area contributed by atoms with Gasteiger partial charge in [0.05, 0.1) is 18.8 Å². The van der Waals surface area contributed by atoms with Crippen molar-refractivity contribution in [1.29, 1.82) is 0 Å². The molecule has 0 radical (unpaired) electrons. The van der Waals surface area contributed by atoms with E-state index in [4.69, 9.17) is 0 Å². The van der Waals surface area contributed by atoms with E-state index in [2.05, 4.69) is 55.6 Å². The van der Waals surface area contributed by atoms with Crippen molar-refractivity contribution >= 4 is 5.91 Å². The van der Waals surface area contributed by atoms with E-state index in [1.165, 1.54) is 148 Å². The molecule has 0 bridgehead atoms. The van der Waals surface area contributed by atoms with Crippen LogP contribution in [0.4, 0.5) is 0 Å². The summed E-state index contributed by atoms with van der Waals surface area (Å²) in [5.74, 6) is -0.520. The van der Waals surface area contributed by atoms with E-state index in [1.807, 2.05) is 6.08 Å². The Hall–Kier alpha value is -1.69. The van der Waals surface area contributed by atoms with Crippen molar-refractivity contribution in [3.8, 4) is 0 Å². The largest absolute Gasteiger partial charge is 0.394 e. The molecule has 304 valence electrons. The highest BCUT2D eigenvalue weighted by Crippen LogP contribution is 2.15. The molecule has 0 spiro atoms. The Labute approximate surface area is 323 Å². The summed E-state index contributed by atoms with van der Waals surface area (Å²) >= 11 is 0. The van der Waals surface area contributed by atoms with Gasteiger partial charge in [-0.3, -0.25) is 4.79 Å². The molecule has 0 aromatic heterocycles. The van der Waals surface area contributed by atoms with Crippen LogP contribution in [0.5, 0.6) is 0 Å². The lowest BCUT2D eigenvalue weighted by molar-refractivity contribution is -0.131. The molecule has 0 saturated heterocycles. The average Bonchev–Trinajstić information content (AvgIpc) is 3.15. The van der Waals surface area contributed by atoms with Crippen molar-refractivity contribution in [2.24, 2.45) is 0 Å². The van der Waals surface area contributed by atoms with Gasteiger partial charge in [0, 0.05) is 0 Å². The minimum atomic E-state index is -1.11. The lowest BCUT2D eigenvalue weighted by Crippen LogP contribution is -2.48. The lowest BCUT2D eigenvalue weighted by Gasteiger charge is -2.21. The predicted octanol–water partition coefficient (Wildman–Crippen LogP) is 12.9. The number of aliphatic hydroxyl groups is 3. The fourth-order valence-corrected chi connectivity index (χ4v) is 6.57. The molecule has 0 aliphatic rings. The van der Waals surface area contributed by atoms with Gasteiger partial charge in [-0.2, -0.15) is 0 Å². The second-order valence-corrected chi connectivity index (χ2v) is 15.2. The first-order valence-electron chi connectivity index (χ1n) is 22.5. The Morgan fingerprint density at radius 3 is 1.25 bits per heavy atom. The molecule has 0 aliphatic heterocycles. The molecule has 1 amide bonds. The zero-order chi connectivity index (χ0) is 38.0. The van der Waals surface area contributed by atoms with Gasteiger partial charge in [0.15, 0.2) is 0 Å². The third kappa shape index (κ3) is 36.7. The van der Waals surface area contributed by atoms with Crippen LogP contribution < -0.4 is 5.32 Å². The molecular formula is C47H87NO4. The summed E-state index contributed by atoms with van der Waals surface area (Å²) in [5, 5.41) is 33.0. The molecule has 5 nitrogen and oxygen atoms in total. The molecule has 52 heavy (non-hydrogen) atoms. The van der Waals surface area contributed by atoms with Gasteiger partial charge in [-0.25, -0.2) is 0 Å². The van der Waals surface area contributed by atoms with Crippen molar-refractivity contribution in [3.05, 3.63) is 48.6 Å². The van der Waals surface area contributed by atoms with Crippen LogP contribution in [-0.4, -0.2) is 46.1 Å². The Kier molecular flexibility index (Phi) is 40.7. The number of allylic oxidation sites excluding steroid dienone is 7. The van der Waals surface area contributed by atoms with E-state index in [1.54, 1.807) is 6.08 Å². The highest BCUT2D eigenvalue weighted by atomic mass is 16.3. The number of carbonyl (C=O) groups excluding carboxylic acids is 1. The number of nitrogens with one attached hydrogen (secondary N) is 1. The number of carbonyl (C=O) groups is 1. The maximum atomic E-state index is 12.4. The number of hydrogen-bond donors (Lipinski definition) is 4. The highest BCUT2D eigenvalue weighted by molar-refractivity contribution is 5.80. The van der Waals surface area contributed by atoms with Gasteiger partial charge in [0.25, 0.3) is 0 Å². The van der Waals surface area contributed by atoms with Crippen molar-refractivity contribution in [3.63, 3.8) is 0 Å². The maximum absolute atomic E-state index is 12.4. The van der Waals surface area contributed by atoms with Gasteiger partial charge in [0.1, 0.15) is 6.10 Å². The number of aliphatic hydroxyl groups excluding tert-OH is 3. The third-order valence-corrected chi connectivity index (χ3v) is 10.1. The smallest absolute Gasteiger partial charge is 0.249 e. The van der Waals surface area contributed by atoms with Crippen molar-refractivity contribution in [1.82, 2.24) is 5.32 Å². The Balaban J connectivity index is 3.60. The number of unbranched alkanes of at least 4 members (excludes halogenated alkanes) is 26. The summed E-state index contributed by atoms with van der Waals surface area (Å²) in [6.07, 6.45) is 54.5. The Bertz CT molecular complexity index is 850. The zero-order valence-electron chi connectivity index (χ0n) is 34.4. The summed E-state index contributed by atoms with van der Waals surface area (Å²) in [5.41, 5.74) is 0. The van der Waals surface area contributed by atoms with Crippen LogP contribution >= 0.6 is 0 Å². The molecule has 0 aromatic rings. The van der Waals surface area contributed by atoms with Crippen LogP contribution in [0.3, 0.4) is 0 Å². The normalized spacial score (nSPS) is 14.0. The Morgan fingerprint density at radius 1 is 0.462 bits per heavy atom. The molecule has 0 rings (SSSR count). The molecule has 5 heteroatoms. The fraction of sp³-hybridized carbons (Fsp3) is 0.809. The van der Waals surface area contributed by atoms with E-state index < -0.39 is 24.2 Å². The molecule has 3 unspecified atom stereocenters. The van der Waals surface area contributed by atoms with E-state index in [-0.39, 0.29) is 6.61 Å². The zero-order valence-corrected chi connectivity index (χ0v) is 34.4. The SMILES string of the molecule is CCC/C=C/CC/C=C/CC/C=C/C(O)C(CO)NC(=O)C(O)CCCCCCCCCCCCC/C=C\CCCCCCCCCCCCCC. The van der Waals surface area contributed by atoms with Crippen molar-refractivity contribution in [2.75, 3.05) is 6.61 Å². The molecule has 3 atom stereocenters. The molecule has 0 saturated carbocycles. The topological polar surface area (TPSA) is 89.8 Å². The number of hydrogen-bond acceptors (Lipinski definition) is 4. The quantitative estimate of drug-likeness (QED) is 0.0373. The van der Waals surface area contributed by atoms with Crippen molar-refractivity contribution < 1.29 is 20.1 Å². The first kappa shape index (κ1) is 50.3. The third-order valence-electron chi connectivity index (χ3n) is 10.1. The van der Waals surface area contributed by atoms with Gasteiger partial charge < -0.3 is 20.6 Å². The van der Waals surface area contributed by atoms with Crippen LogP contribution in [0, 0.1) is 0 Å². The summed E-state index contributed by atoms with van der Waals surface area (Å²) in [7, 11) is 0. The summed E-state index contributed by atoms with van der Waals surface area (Å²) in [4.78, 5) is 12.4. The lowest BCUT2D eigenvalue weighted by atomic mass is 10.0. The Morgan fingerprint density at radius 2 is 0.827 bits per heavy atom. The van der Waals surface area contributed by atoms with Gasteiger partial charge in [-0.15, -0.1) is 0 Å². The molecular weight excluding hydrogens is 643 g/mol. The summed E-state index contributed by atoms with van der Waals surface area (Å²) in [6.45, 7) is 4.09. The summed E-state index contributed by atoms with van der Waals surface area (Å²) < 4.78 is 0. The van der Waals surface area contributed by atoms with Crippen LogP contribution in [0.1, 0.15) is 219 Å². The highest BCUT2D eigenvalue weighted by Gasteiger charge is 2.22. The predicted molar refractivity (Wildman–Crippen MR) is 227 cm³/mol. The molecule has 4 N–H and O–H groups in total. The standard InChI is InChI=1S/C47H87NO4/c1-3-5-7-9-11-13-15-16-17-18-19-20-21-22-23-24-25-26-27-28-29-30-32-34-36-38-40-42-46(51)47(52)48-44(43-49)45(50)41-39-37-35-33-31-14-12-10-8-6-4-2/h8,10,22-23,31,33,39,41,44-46,49-51H,3-7,9,11-21,24-30,32,34-38,40,42-43H2,1-2H3,(H,48,52)/b10-8+,23-22-,33-31+,41-39+. The van der Waals surface area contributed by atoms with Crippen LogP contribution in [0.15, 0.2) is 48.6 Å². The van der Waals surface area contributed by atoms with Gasteiger partial charge in [-0.1, -0.05) is 204 Å². The van der Waals surface area contributed by atoms with E-state index in [0.29, 0.717) is 6.42 Å². The second-order valence-electron chi connectivity index (χ2n) is 15.2. The first-order chi connectivity index (χ1) is 25.6. The fourth-order valence-electron chi connectivity index (χ4n) is 6.57. The maximum Gasteiger partial charge on any atom is 0.249 e. The second kappa shape index (κ2) is 42.1. The minimum Gasteiger partial charge on any atom is -0.394 e. The first-order valence-corrected chi connectivity index (χ1v) is 22.5. The van der Waals surface area contributed by atoms with Crippen LogP contribution in [0.2, 0.25) is 0 Å². The van der Waals surface area contributed by atoms with E-state index in [0.717, 1.165) is 51.4 Å². The van der Waals surface area contributed by atoms with E-state index in [9.17, 15) is 20.1 Å². The van der Waals surface area contributed by atoms with Gasteiger partial charge in [-0.05, 0) is 64.2 Å². The average molecular weight is 730 g/mol. The van der Waals surface area contributed by atoms with Crippen molar-refractivity contribution in [2.45, 2.75) is 238 Å². The molecule has 0 heterocycles. The van der Waals surface area contributed by atoms with Gasteiger partial charge in [0.2, 0.25) is 5.91 Å². The summed E-state index contributed by atoms with van der Waals surface area (Å²) in [6, 6.07) is -0.820. The minimum absolute atomic E-state index is 0.383. The van der Waals surface area contributed by atoms with Gasteiger partial charge >= 0.3 is 0 Å². The molecule has 0 fully saturated rings. The number of amides is 1.